The molecule has 0 aliphatic carbocycles. The van der Waals surface area contributed by atoms with E-state index in [0.29, 0.717) is 29.4 Å². The first-order valence-corrected chi connectivity index (χ1v) is 11.7. The number of nitrogens with one attached hydrogen (secondary N) is 2. The van der Waals surface area contributed by atoms with Gasteiger partial charge in [-0.3, -0.25) is 9.89 Å². The van der Waals surface area contributed by atoms with Crippen LogP contribution < -0.4 is 10.6 Å². The van der Waals surface area contributed by atoms with Crippen LogP contribution in [0.25, 0.3) is 0 Å². The van der Waals surface area contributed by atoms with Gasteiger partial charge >= 0.3 is 0 Å². The number of sulfone groups is 1. The lowest BCUT2D eigenvalue weighted by Crippen LogP contribution is -2.49. The minimum absolute atomic E-state index is 0. The van der Waals surface area contributed by atoms with E-state index in [4.69, 9.17) is 0 Å². The minimum Gasteiger partial charge on any atom is -0.355 e. The average molecular weight is 549 g/mol. The number of aryl methyl sites for hydroxylation is 1. The van der Waals surface area contributed by atoms with Gasteiger partial charge in [0.05, 0.1) is 4.90 Å². The molecule has 8 heteroatoms. The Morgan fingerprint density at radius 2 is 1.80 bits per heavy atom. The van der Waals surface area contributed by atoms with E-state index >= 15 is 0 Å². The standard InChI is InChI=1S/C22H36N4O2S.HI/c1-8-12-26(13-9-2)20(17(3)4)16-25-22(23-6)24-15-19-10-11-21(18(5)14-19)29(7,27)28;/h8-11,14,17,20H,1-2,12-13,15-16H2,3-7H3,(H2,23,24,25);1H. The van der Waals surface area contributed by atoms with Crippen LogP contribution in [0.3, 0.4) is 0 Å². The number of guanidine groups is 1. The van der Waals surface area contributed by atoms with Gasteiger partial charge in [-0.2, -0.15) is 0 Å². The van der Waals surface area contributed by atoms with E-state index in [1.54, 1.807) is 13.1 Å². The van der Waals surface area contributed by atoms with Crippen molar-refractivity contribution < 1.29 is 8.42 Å². The van der Waals surface area contributed by atoms with Crippen LogP contribution in [-0.2, 0) is 16.4 Å². The fourth-order valence-corrected chi connectivity index (χ4v) is 4.27. The van der Waals surface area contributed by atoms with Crippen molar-refractivity contribution >= 4 is 39.8 Å². The first-order valence-electron chi connectivity index (χ1n) is 9.84. The van der Waals surface area contributed by atoms with Gasteiger partial charge in [0.25, 0.3) is 0 Å². The van der Waals surface area contributed by atoms with Gasteiger partial charge in [0.2, 0.25) is 0 Å². The largest absolute Gasteiger partial charge is 0.355 e. The summed E-state index contributed by atoms with van der Waals surface area (Å²) in [5, 5.41) is 6.70. The third-order valence-electron chi connectivity index (χ3n) is 4.77. The number of hydrogen-bond donors (Lipinski definition) is 2. The van der Waals surface area contributed by atoms with Crippen LogP contribution in [-0.4, -0.2) is 58.3 Å². The number of benzene rings is 1. The number of aliphatic imine (C=N–C) groups is 1. The third kappa shape index (κ3) is 9.18. The van der Waals surface area contributed by atoms with E-state index in [9.17, 15) is 8.42 Å². The fourth-order valence-electron chi connectivity index (χ4n) is 3.31. The SMILES string of the molecule is C=CCN(CC=C)C(CNC(=NC)NCc1ccc(S(C)(=O)=O)c(C)c1)C(C)C.I. The molecular formula is C22H37IN4O2S. The van der Waals surface area contributed by atoms with Crippen molar-refractivity contribution in [3.63, 3.8) is 0 Å². The Balaban J connectivity index is 0.00000841. The van der Waals surface area contributed by atoms with E-state index in [1.165, 1.54) is 6.26 Å². The molecule has 0 bridgehead atoms. The summed E-state index contributed by atoms with van der Waals surface area (Å²) in [7, 11) is -1.47. The Labute approximate surface area is 199 Å². The lowest BCUT2D eigenvalue weighted by molar-refractivity contribution is 0.190. The number of nitrogens with zero attached hydrogens (tertiary/aromatic N) is 2. The van der Waals surface area contributed by atoms with Crippen molar-refractivity contribution in [1.82, 2.24) is 15.5 Å². The van der Waals surface area contributed by atoms with Crippen LogP contribution in [0.4, 0.5) is 0 Å². The Morgan fingerprint density at radius 1 is 1.20 bits per heavy atom. The molecule has 1 atom stereocenters. The fraction of sp³-hybridized carbons (Fsp3) is 0.500. The molecule has 0 aliphatic heterocycles. The zero-order valence-electron chi connectivity index (χ0n) is 18.8. The van der Waals surface area contributed by atoms with Gasteiger partial charge in [-0.15, -0.1) is 37.1 Å². The molecule has 0 heterocycles. The molecule has 0 amide bonds. The monoisotopic (exact) mass is 548 g/mol. The second-order valence-electron chi connectivity index (χ2n) is 7.52. The summed E-state index contributed by atoms with van der Waals surface area (Å²) in [6.45, 7) is 16.8. The van der Waals surface area contributed by atoms with Gasteiger partial charge in [-0.05, 0) is 30.0 Å². The molecule has 0 saturated heterocycles. The van der Waals surface area contributed by atoms with E-state index in [1.807, 2.05) is 31.2 Å². The maximum Gasteiger partial charge on any atom is 0.191 e. The summed E-state index contributed by atoms with van der Waals surface area (Å²) >= 11 is 0. The normalized spacial score (nSPS) is 13.0. The average Bonchev–Trinajstić information content (AvgIpc) is 2.63. The van der Waals surface area contributed by atoms with Gasteiger partial charge in [0, 0.05) is 45.5 Å². The molecule has 1 unspecified atom stereocenters. The van der Waals surface area contributed by atoms with Crippen molar-refractivity contribution in [3.8, 4) is 0 Å². The van der Waals surface area contributed by atoms with Crippen molar-refractivity contribution in [2.45, 2.75) is 38.3 Å². The van der Waals surface area contributed by atoms with Crippen molar-refractivity contribution in [2.24, 2.45) is 10.9 Å². The molecule has 1 aromatic rings. The molecule has 0 aliphatic rings. The van der Waals surface area contributed by atoms with Crippen LogP contribution >= 0.6 is 24.0 Å². The Morgan fingerprint density at radius 3 is 2.23 bits per heavy atom. The minimum atomic E-state index is -3.21. The first kappa shape index (κ1) is 28.6. The molecule has 1 aromatic carbocycles. The van der Waals surface area contributed by atoms with Crippen molar-refractivity contribution in [1.29, 1.82) is 0 Å². The Kier molecular flexibility index (Phi) is 13.2. The zero-order valence-corrected chi connectivity index (χ0v) is 22.0. The second-order valence-corrected chi connectivity index (χ2v) is 9.51. The van der Waals surface area contributed by atoms with E-state index in [-0.39, 0.29) is 24.0 Å². The van der Waals surface area contributed by atoms with Gasteiger partial charge in [-0.1, -0.05) is 38.1 Å². The lowest BCUT2D eigenvalue weighted by Gasteiger charge is -2.33. The molecule has 0 aromatic heterocycles. The molecule has 1 rings (SSSR count). The second kappa shape index (κ2) is 13.8. The molecule has 0 saturated carbocycles. The van der Waals surface area contributed by atoms with Crippen molar-refractivity contribution in [3.05, 3.63) is 54.6 Å². The molecule has 2 N–H and O–H groups in total. The smallest absolute Gasteiger partial charge is 0.191 e. The van der Waals surface area contributed by atoms with Crippen LogP contribution in [0.1, 0.15) is 25.0 Å². The summed E-state index contributed by atoms with van der Waals surface area (Å²) in [6, 6.07) is 5.69. The zero-order chi connectivity index (χ0) is 22.0. The highest BCUT2D eigenvalue weighted by molar-refractivity contribution is 14.0. The molecule has 0 radical (unpaired) electrons. The molecular weight excluding hydrogens is 511 g/mol. The maximum atomic E-state index is 11.8. The summed E-state index contributed by atoms with van der Waals surface area (Å²) in [5.41, 5.74) is 1.75. The van der Waals surface area contributed by atoms with E-state index < -0.39 is 9.84 Å². The third-order valence-corrected chi connectivity index (χ3v) is 6.02. The predicted octanol–water partition coefficient (Wildman–Crippen LogP) is 3.38. The van der Waals surface area contributed by atoms with Crippen LogP contribution in [0.15, 0.2) is 53.4 Å². The van der Waals surface area contributed by atoms with Crippen LogP contribution in [0.2, 0.25) is 0 Å². The van der Waals surface area contributed by atoms with Gasteiger partial charge in [0.1, 0.15) is 0 Å². The molecule has 170 valence electrons. The van der Waals surface area contributed by atoms with Gasteiger partial charge in [0.15, 0.2) is 15.8 Å². The summed E-state index contributed by atoms with van der Waals surface area (Å²) in [6.07, 6.45) is 5.05. The first-order chi connectivity index (χ1) is 13.6. The highest BCUT2D eigenvalue weighted by Crippen LogP contribution is 2.16. The van der Waals surface area contributed by atoms with Crippen molar-refractivity contribution in [2.75, 3.05) is 32.9 Å². The van der Waals surface area contributed by atoms with Gasteiger partial charge < -0.3 is 10.6 Å². The molecule has 0 spiro atoms. The van der Waals surface area contributed by atoms with Crippen LogP contribution in [0, 0.1) is 12.8 Å². The predicted molar refractivity (Wildman–Crippen MR) is 138 cm³/mol. The quantitative estimate of drug-likeness (QED) is 0.192. The van der Waals surface area contributed by atoms with E-state index in [2.05, 4.69) is 47.5 Å². The molecule has 30 heavy (non-hydrogen) atoms. The topological polar surface area (TPSA) is 73.8 Å². The van der Waals surface area contributed by atoms with Gasteiger partial charge in [-0.25, -0.2) is 8.42 Å². The highest BCUT2D eigenvalue weighted by atomic mass is 127. The summed E-state index contributed by atoms with van der Waals surface area (Å²) < 4.78 is 23.5. The molecule has 6 nitrogen and oxygen atoms in total. The Bertz CT molecular complexity index is 812. The summed E-state index contributed by atoms with van der Waals surface area (Å²) in [4.78, 5) is 7.00. The Hall–Kier alpha value is -1.39. The molecule has 0 fully saturated rings. The van der Waals surface area contributed by atoms with Crippen LogP contribution in [0.5, 0.6) is 0 Å². The maximum absolute atomic E-state index is 11.8. The highest BCUT2D eigenvalue weighted by Gasteiger charge is 2.20. The number of halogens is 1. The van der Waals surface area contributed by atoms with E-state index in [0.717, 1.165) is 30.8 Å². The number of hydrogen-bond acceptors (Lipinski definition) is 4. The summed E-state index contributed by atoms with van der Waals surface area (Å²) in [5.74, 6) is 1.16. The lowest BCUT2D eigenvalue weighted by atomic mass is 10.0. The number of rotatable bonds is 11.